The van der Waals surface area contributed by atoms with Crippen molar-refractivity contribution in [3.8, 4) is 0 Å². The van der Waals surface area contributed by atoms with Gasteiger partial charge in [0.2, 0.25) is 5.91 Å². The van der Waals surface area contributed by atoms with Crippen molar-refractivity contribution in [2.24, 2.45) is 0 Å². The molecule has 2 amide bonds. The average molecular weight is 324 g/mol. The van der Waals surface area contributed by atoms with Crippen molar-refractivity contribution in [1.82, 2.24) is 10.2 Å². The Labute approximate surface area is 130 Å². The highest BCUT2D eigenvalue weighted by Crippen LogP contribution is 2.15. The molecule has 0 atom stereocenters. The van der Waals surface area contributed by atoms with Gasteiger partial charge >= 0.3 is 0 Å². The highest BCUT2D eigenvalue weighted by molar-refractivity contribution is 7.90. The Hall–Kier alpha value is -1.89. The Morgan fingerprint density at radius 1 is 1.23 bits per heavy atom. The van der Waals surface area contributed by atoms with E-state index in [1.165, 1.54) is 12.1 Å². The lowest BCUT2D eigenvalue weighted by molar-refractivity contribution is -0.129. The van der Waals surface area contributed by atoms with Gasteiger partial charge in [-0.25, -0.2) is 8.42 Å². The summed E-state index contributed by atoms with van der Waals surface area (Å²) in [7, 11) is -3.38. The number of nitrogens with one attached hydrogen (secondary N) is 1. The van der Waals surface area contributed by atoms with Crippen LogP contribution in [0.4, 0.5) is 0 Å². The lowest BCUT2D eigenvalue weighted by atomic mass is 10.1. The maximum atomic E-state index is 12.2. The molecule has 1 heterocycles. The molecule has 0 aliphatic carbocycles. The Bertz CT molecular complexity index is 691. The molecule has 120 valence electrons. The summed E-state index contributed by atoms with van der Waals surface area (Å²) in [6.45, 7) is 3.12. The molecule has 0 bridgehead atoms. The maximum absolute atomic E-state index is 12.2. The molecule has 6 nitrogen and oxygen atoms in total. The average Bonchev–Trinajstić information content (AvgIpc) is 2.97. The summed E-state index contributed by atoms with van der Waals surface area (Å²) in [6.07, 6.45) is 3.08. The second-order valence-electron chi connectivity index (χ2n) is 5.52. The molecule has 1 fully saturated rings. The first-order valence-corrected chi connectivity index (χ1v) is 9.05. The zero-order chi connectivity index (χ0) is 16.3. The molecule has 1 aliphatic rings. The summed E-state index contributed by atoms with van der Waals surface area (Å²) in [5.41, 5.74) is 0.940. The zero-order valence-electron chi connectivity index (χ0n) is 12.8. The molecule has 0 spiro atoms. The van der Waals surface area contributed by atoms with Crippen LogP contribution in [0.2, 0.25) is 0 Å². The van der Waals surface area contributed by atoms with Crippen LogP contribution in [-0.2, 0) is 14.6 Å². The van der Waals surface area contributed by atoms with E-state index in [9.17, 15) is 18.0 Å². The van der Waals surface area contributed by atoms with E-state index in [0.717, 1.165) is 32.2 Å². The Balaban J connectivity index is 2.07. The van der Waals surface area contributed by atoms with Gasteiger partial charge in [0.25, 0.3) is 5.91 Å². The van der Waals surface area contributed by atoms with E-state index in [4.69, 9.17) is 0 Å². The van der Waals surface area contributed by atoms with Gasteiger partial charge in [-0.1, -0.05) is 6.07 Å². The molecule has 0 radical (unpaired) electrons. The molecule has 0 saturated carbocycles. The van der Waals surface area contributed by atoms with Crippen LogP contribution in [0, 0.1) is 6.92 Å². The number of likely N-dealkylation sites (tertiary alicyclic amines) is 1. The van der Waals surface area contributed by atoms with Crippen molar-refractivity contribution in [3.05, 3.63) is 29.3 Å². The van der Waals surface area contributed by atoms with Gasteiger partial charge in [-0.15, -0.1) is 0 Å². The van der Waals surface area contributed by atoms with Crippen LogP contribution in [0.25, 0.3) is 0 Å². The largest absolute Gasteiger partial charge is 0.343 e. The number of carbonyl (C=O) groups excluding carboxylic acids is 2. The Morgan fingerprint density at radius 3 is 2.45 bits per heavy atom. The molecule has 22 heavy (non-hydrogen) atoms. The predicted molar refractivity (Wildman–Crippen MR) is 82.4 cm³/mol. The SMILES string of the molecule is Cc1ccc(S(C)(=O)=O)cc1C(=O)NCC(=O)N1CCCC1. The second kappa shape index (κ2) is 6.48. The quantitative estimate of drug-likeness (QED) is 0.886. The molecule has 2 rings (SSSR count). The lowest BCUT2D eigenvalue weighted by Crippen LogP contribution is -2.38. The molecule has 1 N–H and O–H groups in total. The summed E-state index contributed by atoms with van der Waals surface area (Å²) in [5, 5.41) is 2.57. The first kappa shape index (κ1) is 16.5. The van der Waals surface area contributed by atoms with Gasteiger partial charge in [0, 0.05) is 24.9 Å². The molecular formula is C15H20N2O4S. The van der Waals surface area contributed by atoms with Crippen LogP contribution in [0.1, 0.15) is 28.8 Å². The van der Waals surface area contributed by atoms with Crippen LogP contribution < -0.4 is 5.32 Å². The second-order valence-corrected chi connectivity index (χ2v) is 7.54. The van der Waals surface area contributed by atoms with Gasteiger partial charge in [-0.3, -0.25) is 9.59 Å². The number of hydrogen-bond acceptors (Lipinski definition) is 4. The molecule has 1 aromatic rings. The predicted octanol–water partition coefficient (Wildman–Crippen LogP) is 0.751. The normalized spacial score (nSPS) is 14.9. The summed E-state index contributed by atoms with van der Waals surface area (Å²) in [5.74, 6) is -0.543. The van der Waals surface area contributed by atoms with Crippen LogP contribution in [-0.4, -0.2) is 51.0 Å². The highest BCUT2D eigenvalue weighted by atomic mass is 32.2. The van der Waals surface area contributed by atoms with Crippen LogP contribution in [0.5, 0.6) is 0 Å². The van der Waals surface area contributed by atoms with E-state index in [1.54, 1.807) is 17.9 Å². The van der Waals surface area contributed by atoms with E-state index in [-0.39, 0.29) is 22.9 Å². The van der Waals surface area contributed by atoms with Crippen molar-refractivity contribution in [2.45, 2.75) is 24.7 Å². The zero-order valence-corrected chi connectivity index (χ0v) is 13.6. The minimum atomic E-state index is -3.38. The van der Waals surface area contributed by atoms with Gasteiger partial charge in [0.1, 0.15) is 0 Å². The molecule has 1 aromatic carbocycles. The number of rotatable bonds is 4. The number of hydrogen-bond donors (Lipinski definition) is 1. The third kappa shape index (κ3) is 3.85. The number of benzene rings is 1. The first-order chi connectivity index (χ1) is 10.3. The van der Waals surface area contributed by atoms with Gasteiger partial charge in [0.05, 0.1) is 11.4 Å². The fourth-order valence-corrected chi connectivity index (χ4v) is 3.05. The number of nitrogens with zero attached hydrogens (tertiary/aromatic N) is 1. The van der Waals surface area contributed by atoms with Crippen LogP contribution >= 0.6 is 0 Å². The van der Waals surface area contributed by atoms with Crippen molar-refractivity contribution < 1.29 is 18.0 Å². The standard InChI is InChI=1S/C15H20N2O4S/c1-11-5-6-12(22(2,20)21)9-13(11)15(19)16-10-14(18)17-7-3-4-8-17/h5-6,9H,3-4,7-8,10H2,1-2H3,(H,16,19). The Morgan fingerprint density at radius 2 is 1.86 bits per heavy atom. The van der Waals surface area contributed by atoms with E-state index in [1.807, 2.05) is 0 Å². The topological polar surface area (TPSA) is 83.5 Å². The van der Waals surface area contributed by atoms with Gasteiger partial charge in [-0.05, 0) is 37.5 Å². The summed E-state index contributed by atoms with van der Waals surface area (Å²) >= 11 is 0. The maximum Gasteiger partial charge on any atom is 0.252 e. The fraction of sp³-hybridized carbons (Fsp3) is 0.467. The summed E-state index contributed by atoms with van der Waals surface area (Å²) in [4.78, 5) is 25.9. The summed E-state index contributed by atoms with van der Waals surface area (Å²) in [6, 6.07) is 4.41. The molecule has 1 aliphatic heterocycles. The fourth-order valence-electron chi connectivity index (χ4n) is 2.41. The number of aryl methyl sites for hydroxylation is 1. The van der Waals surface area contributed by atoms with Crippen LogP contribution in [0.3, 0.4) is 0 Å². The third-order valence-corrected chi connectivity index (χ3v) is 4.85. The highest BCUT2D eigenvalue weighted by Gasteiger charge is 2.19. The molecule has 1 saturated heterocycles. The van der Waals surface area contributed by atoms with Gasteiger partial charge < -0.3 is 10.2 Å². The summed E-state index contributed by atoms with van der Waals surface area (Å²) < 4.78 is 23.1. The van der Waals surface area contributed by atoms with E-state index < -0.39 is 15.7 Å². The van der Waals surface area contributed by atoms with Crippen molar-refractivity contribution in [3.63, 3.8) is 0 Å². The molecular weight excluding hydrogens is 304 g/mol. The number of carbonyl (C=O) groups is 2. The third-order valence-electron chi connectivity index (χ3n) is 3.74. The number of amides is 2. The van der Waals surface area contributed by atoms with Crippen LogP contribution in [0.15, 0.2) is 23.1 Å². The molecule has 0 aromatic heterocycles. The minimum Gasteiger partial charge on any atom is -0.343 e. The van der Waals surface area contributed by atoms with E-state index in [2.05, 4.69) is 5.32 Å². The Kier molecular flexibility index (Phi) is 4.85. The van der Waals surface area contributed by atoms with Crippen molar-refractivity contribution >= 4 is 21.7 Å². The van der Waals surface area contributed by atoms with E-state index >= 15 is 0 Å². The van der Waals surface area contributed by atoms with Crippen molar-refractivity contribution in [1.29, 1.82) is 0 Å². The van der Waals surface area contributed by atoms with Crippen molar-refractivity contribution in [2.75, 3.05) is 25.9 Å². The van der Waals surface area contributed by atoms with Gasteiger partial charge in [0.15, 0.2) is 9.84 Å². The van der Waals surface area contributed by atoms with Gasteiger partial charge in [-0.2, -0.15) is 0 Å². The molecule has 0 unspecified atom stereocenters. The number of sulfone groups is 1. The lowest BCUT2D eigenvalue weighted by Gasteiger charge is -2.16. The minimum absolute atomic E-state index is 0.0681. The van der Waals surface area contributed by atoms with E-state index in [0.29, 0.717) is 5.56 Å². The monoisotopic (exact) mass is 324 g/mol. The first-order valence-electron chi connectivity index (χ1n) is 7.16. The smallest absolute Gasteiger partial charge is 0.252 e. The molecule has 7 heteroatoms.